The third-order valence-corrected chi connectivity index (χ3v) is 2.52. The Morgan fingerprint density at radius 3 is 2.47 bits per heavy atom. The Kier molecular flexibility index (Phi) is 3.93. The first-order chi connectivity index (χ1) is 9.20. The SMILES string of the molecule is COC(=O)c1ccc(/C=C/C(=O)c2ccco2)cc1. The second kappa shape index (κ2) is 5.82. The zero-order valence-corrected chi connectivity index (χ0v) is 10.3. The van der Waals surface area contributed by atoms with Gasteiger partial charge in [0.25, 0.3) is 0 Å². The summed E-state index contributed by atoms with van der Waals surface area (Å²) in [6, 6.07) is 10.0. The standard InChI is InChI=1S/C15H12O4/c1-18-15(17)12-7-4-11(5-8-12)6-9-13(16)14-3-2-10-19-14/h2-10H,1H3/b9-6+. The van der Waals surface area contributed by atoms with Crippen LogP contribution in [0.15, 0.2) is 53.2 Å². The summed E-state index contributed by atoms with van der Waals surface area (Å²) < 4.78 is 9.59. The van der Waals surface area contributed by atoms with E-state index >= 15 is 0 Å². The second-order valence-electron chi connectivity index (χ2n) is 3.79. The lowest BCUT2D eigenvalue weighted by atomic mass is 10.1. The summed E-state index contributed by atoms with van der Waals surface area (Å²) >= 11 is 0. The predicted octanol–water partition coefficient (Wildman–Crippen LogP) is 2.96. The highest BCUT2D eigenvalue weighted by Crippen LogP contribution is 2.09. The van der Waals surface area contributed by atoms with Gasteiger partial charge in [-0.2, -0.15) is 0 Å². The quantitative estimate of drug-likeness (QED) is 0.479. The molecule has 19 heavy (non-hydrogen) atoms. The molecule has 0 fully saturated rings. The molecule has 0 saturated heterocycles. The van der Waals surface area contributed by atoms with Gasteiger partial charge in [0.2, 0.25) is 5.78 Å². The monoisotopic (exact) mass is 256 g/mol. The van der Waals surface area contributed by atoms with Crippen molar-refractivity contribution in [2.24, 2.45) is 0 Å². The Morgan fingerprint density at radius 1 is 1.16 bits per heavy atom. The van der Waals surface area contributed by atoms with Crippen LogP contribution in [0.4, 0.5) is 0 Å². The predicted molar refractivity (Wildman–Crippen MR) is 69.9 cm³/mol. The van der Waals surface area contributed by atoms with Crippen molar-refractivity contribution in [3.8, 4) is 0 Å². The second-order valence-corrected chi connectivity index (χ2v) is 3.79. The van der Waals surface area contributed by atoms with Crippen molar-refractivity contribution in [3.63, 3.8) is 0 Å². The highest BCUT2D eigenvalue weighted by atomic mass is 16.5. The van der Waals surface area contributed by atoms with Crippen LogP contribution in [0.1, 0.15) is 26.5 Å². The Balaban J connectivity index is 2.07. The van der Waals surface area contributed by atoms with Crippen molar-refractivity contribution < 1.29 is 18.7 Å². The number of rotatable bonds is 4. The van der Waals surface area contributed by atoms with Gasteiger partial charge in [0.1, 0.15) is 0 Å². The van der Waals surface area contributed by atoms with E-state index in [1.807, 2.05) is 0 Å². The Morgan fingerprint density at radius 2 is 1.89 bits per heavy atom. The van der Waals surface area contributed by atoms with Gasteiger partial charge in [-0.25, -0.2) is 4.79 Å². The minimum Gasteiger partial charge on any atom is -0.465 e. The van der Waals surface area contributed by atoms with Crippen molar-refractivity contribution in [2.75, 3.05) is 7.11 Å². The van der Waals surface area contributed by atoms with Gasteiger partial charge >= 0.3 is 5.97 Å². The van der Waals surface area contributed by atoms with Crippen molar-refractivity contribution >= 4 is 17.8 Å². The molecule has 0 radical (unpaired) electrons. The van der Waals surface area contributed by atoms with E-state index in [1.54, 1.807) is 42.5 Å². The lowest BCUT2D eigenvalue weighted by molar-refractivity contribution is 0.0600. The Hall–Kier alpha value is -2.62. The maximum atomic E-state index is 11.6. The van der Waals surface area contributed by atoms with Crippen LogP contribution in [-0.2, 0) is 4.74 Å². The molecular weight excluding hydrogens is 244 g/mol. The Bertz CT molecular complexity index is 592. The molecule has 1 aromatic heterocycles. The summed E-state index contributed by atoms with van der Waals surface area (Å²) in [6.07, 6.45) is 4.53. The van der Waals surface area contributed by atoms with Crippen LogP contribution in [0.2, 0.25) is 0 Å². The van der Waals surface area contributed by atoms with Crippen molar-refractivity contribution in [2.45, 2.75) is 0 Å². The molecule has 0 aliphatic rings. The molecular formula is C15H12O4. The lowest BCUT2D eigenvalue weighted by Crippen LogP contribution is -2.00. The summed E-state index contributed by atoms with van der Waals surface area (Å²) in [5.74, 6) is -0.299. The third kappa shape index (κ3) is 3.19. The van der Waals surface area contributed by atoms with Gasteiger partial charge in [-0.15, -0.1) is 0 Å². The van der Waals surface area contributed by atoms with Gasteiger partial charge < -0.3 is 9.15 Å². The van der Waals surface area contributed by atoms with Gasteiger partial charge in [0, 0.05) is 0 Å². The highest BCUT2D eigenvalue weighted by Gasteiger charge is 2.05. The first kappa shape index (κ1) is 12.8. The minimum atomic E-state index is -0.387. The van der Waals surface area contributed by atoms with Crippen LogP contribution in [-0.4, -0.2) is 18.9 Å². The van der Waals surface area contributed by atoms with Gasteiger partial charge in [-0.05, 0) is 35.9 Å². The molecule has 0 spiro atoms. The van der Waals surface area contributed by atoms with Crippen molar-refractivity contribution in [1.29, 1.82) is 0 Å². The number of carbonyl (C=O) groups excluding carboxylic acids is 2. The number of esters is 1. The number of furan rings is 1. The average Bonchev–Trinajstić information content (AvgIpc) is 2.98. The van der Waals surface area contributed by atoms with Crippen molar-refractivity contribution in [1.82, 2.24) is 0 Å². The van der Waals surface area contributed by atoms with Crippen LogP contribution in [0.25, 0.3) is 6.08 Å². The van der Waals surface area contributed by atoms with E-state index in [4.69, 9.17) is 4.42 Å². The molecule has 0 aliphatic carbocycles. The van der Waals surface area contributed by atoms with E-state index in [-0.39, 0.29) is 11.8 Å². The van der Waals surface area contributed by atoms with Crippen LogP contribution >= 0.6 is 0 Å². The molecule has 1 aromatic carbocycles. The van der Waals surface area contributed by atoms with E-state index < -0.39 is 0 Å². The zero-order chi connectivity index (χ0) is 13.7. The maximum Gasteiger partial charge on any atom is 0.337 e. The number of ketones is 1. The summed E-state index contributed by atoms with van der Waals surface area (Å²) in [5, 5.41) is 0. The Labute approximate surface area is 110 Å². The fraction of sp³-hybridized carbons (Fsp3) is 0.0667. The van der Waals surface area contributed by atoms with Crippen molar-refractivity contribution in [3.05, 3.63) is 65.6 Å². The number of methoxy groups -OCH3 is 1. The van der Waals surface area contributed by atoms with E-state index in [0.29, 0.717) is 11.3 Å². The largest absolute Gasteiger partial charge is 0.465 e. The summed E-state index contributed by atoms with van der Waals surface area (Å²) in [7, 11) is 1.33. The van der Waals surface area contributed by atoms with Gasteiger partial charge in [-0.1, -0.05) is 18.2 Å². The number of hydrogen-bond donors (Lipinski definition) is 0. The minimum absolute atomic E-state index is 0.206. The fourth-order valence-corrected chi connectivity index (χ4v) is 1.52. The molecule has 0 unspecified atom stereocenters. The van der Waals surface area contributed by atoms with E-state index in [0.717, 1.165) is 5.56 Å². The normalized spacial score (nSPS) is 10.6. The lowest BCUT2D eigenvalue weighted by Gasteiger charge is -1.99. The van der Waals surface area contributed by atoms with Crippen LogP contribution in [0, 0.1) is 0 Å². The molecule has 4 heteroatoms. The first-order valence-electron chi connectivity index (χ1n) is 5.65. The van der Waals surface area contributed by atoms with Gasteiger partial charge in [0.05, 0.1) is 18.9 Å². The molecule has 0 saturated carbocycles. The molecule has 0 amide bonds. The first-order valence-corrected chi connectivity index (χ1v) is 5.65. The number of benzene rings is 1. The van der Waals surface area contributed by atoms with E-state index in [2.05, 4.69) is 4.74 Å². The average molecular weight is 256 g/mol. The molecule has 2 rings (SSSR count). The summed E-state index contributed by atoms with van der Waals surface area (Å²) in [5.41, 5.74) is 1.28. The number of ether oxygens (including phenoxy) is 1. The van der Waals surface area contributed by atoms with E-state index in [1.165, 1.54) is 19.4 Å². The van der Waals surface area contributed by atoms with Gasteiger partial charge in [-0.3, -0.25) is 4.79 Å². The molecule has 0 N–H and O–H groups in total. The fourth-order valence-electron chi connectivity index (χ4n) is 1.52. The molecule has 0 atom stereocenters. The summed E-state index contributed by atoms with van der Waals surface area (Å²) in [6.45, 7) is 0. The number of carbonyl (C=O) groups is 2. The zero-order valence-electron chi connectivity index (χ0n) is 10.3. The van der Waals surface area contributed by atoms with Crippen LogP contribution < -0.4 is 0 Å². The molecule has 96 valence electrons. The third-order valence-electron chi connectivity index (χ3n) is 2.52. The molecule has 0 bridgehead atoms. The summed E-state index contributed by atoms with van der Waals surface area (Å²) in [4.78, 5) is 22.9. The topological polar surface area (TPSA) is 56.5 Å². The maximum absolute atomic E-state index is 11.6. The molecule has 4 nitrogen and oxygen atoms in total. The van der Waals surface area contributed by atoms with E-state index in [9.17, 15) is 9.59 Å². The smallest absolute Gasteiger partial charge is 0.337 e. The van der Waals surface area contributed by atoms with Crippen LogP contribution in [0.3, 0.4) is 0 Å². The number of hydrogen-bond acceptors (Lipinski definition) is 4. The number of allylic oxidation sites excluding steroid dienone is 1. The molecule has 0 aliphatic heterocycles. The molecule has 2 aromatic rings. The van der Waals surface area contributed by atoms with Gasteiger partial charge in [0.15, 0.2) is 5.76 Å². The highest BCUT2D eigenvalue weighted by molar-refractivity contribution is 6.04. The molecule has 1 heterocycles. The van der Waals surface area contributed by atoms with Crippen LogP contribution in [0.5, 0.6) is 0 Å².